The van der Waals surface area contributed by atoms with Gasteiger partial charge in [0, 0.05) is 0 Å². The highest BCUT2D eigenvalue weighted by Gasteiger charge is 2.26. The molecule has 1 atom stereocenters. The number of hydrogen-bond donors (Lipinski definition) is 2. The summed E-state index contributed by atoms with van der Waals surface area (Å²) in [5.74, 6) is -0.755. The van der Waals surface area contributed by atoms with Crippen LogP contribution in [-0.4, -0.2) is 16.2 Å². The van der Waals surface area contributed by atoms with Gasteiger partial charge in [0.25, 0.3) is 0 Å². The zero-order chi connectivity index (χ0) is 12.4. The number of aliphatic carboxylic acids is 1. The fourth-order valence-corrected chi connectivity index (χ4v) is 2.85. The molecule has 3 nitrogen and oxygen atoms in total. The van der Waals surface area contributed by atoms with Crippen molar-refractivity contribution < 1.29 is 15.0 Å². The van der Waals surface area contributed by atoms with Gasteiger partial charge in [0.15, 0.2) is 6.10 Å². The number of benzene rings is 1. The third-order valence-corrected chi connectivity index (χ3v) is 3.65. The molecule has 1 saturated carbocycles. The smallest absolute Gasteiger partial charge is 0.337 e. The molecular weight excluding hydrogens is 216 g/mol. The van der Waals surface area contributed by atoms with Crippen molar-refractivity contribution in [3.63, 3.8) is 0 Å². The molecule has 1 aromatic rings. The number of hydrogen-bond acceptors (Lipinski definition) is 2. The van der Waals surface area contributed by atoms with Gasteiger partial charge in [-0.3, -0.25) is 0 Å². The van der Waals surface area contributed by atoms with E-state index in [4.69, 9.17) is 5.11 Å². The van der Waals surface area contributed by atoms with Crippen molar-refractivity contribution in [3.05, 3.63) is 34.9 Å². The standard InChI is InChI=1S/C14H18O3/c1-9-5-4-8-11(13(15)14(16)17)12(9)10-6-2-3-7-10/h4-5,8,10,13,15H,2-3,6-7H2,1H3,(H,16,17). The van der Waals surface area contributed by atoms with E-state index in [1.165, 1.54) is 12.8 Å². The van der Waals surface area contributed by atoms with Gasteiger partial charge in [0.1, 0.15) is 0 Å². The van der Waals surface area contributed by atoms with Gasteiger partial charge in [0.05, 0.1) is 0 Å². The van der Waals surface area contributed by atoms with E-state index in [1.54, 1.807) is 6.07 Å². The molecule has 0 saturated heterocycles. The van der Waals surface area contributed by atoms with Gasteiger partial charge in [0.2, 0.25) is 0 Å². The molecule has 1 fully saturated rings. The fourth-order valence-electron chi connectivity index (χ4n) is 2.85. The molecule has 3 heteroatoms. The average Bonchev–Trinajstić information content (AvgIpc) is 2.80. The Labute approximate surface area is 101 Å². The molecular formula is C14H18O3. The number of aryl methyl sites for hydroxylation is 1. The van der Waals surface area contributed by atoms with Crippen molar-refractivity contribution in [1.82, 2.24) is 0 Å². The molecule has 1 unspecified atom stereocenters. The molecule has 1 aromatic carbocycles. The molecule has 2 rings (SSSR count). The predicted molar refractivity (Wildman–Crippen MR) is 65.0 cm³/mol. The molecule has 0 spiro atoms. The summed E-state index contributed by atoms with van der Waals surface area (Å²) >= 11 is 0. The van der Waals surface area contributed by atoms with Crippen molar-refractivity contribution >= 4 is 5.97 Å². The number of carboxylic acids is 1. The molecule has 0 radical (unpaired) electrons. The molecule has 0 heterocycles. The van der Waals surface area contributed by atoms with Crippen LogP contribution in [0.3, 0.4) is 0 Å². The Hall–Kier alpha value is -1.35. The number of carboxylic acid groups (broad SMARTS) is 1. The van der Waals surface area contributed by atoms with Crippen LogP contribution in [0.2, 0.25) is 0 Å². The monoisotopic (exact) mass is 234 g/mol. The summed E-state index contributed by atoms with van der Waals surface area (Å²) in [4.78, 5) is 10.9. The van der Waals surface area contributed by atoms with E-state index in [0.29, 0.717) is 11.5 Å². The molecule has 92 valence electrons. The second-order valence-electron chi connectivity index (χ2n) is 4.80. The van der Waals surface area contributed by atoms with Gasteiger partial charge in [-0.25, -0.2) is 4.79 Å². The molecule has 0 aromatic heterocycles. The zero-order valence-electron chi connectivity index (χ0n) is 10.0. The lowest BCUT2D eigenvalue weighted by Crippen LogP contribution is -2.14. The number of aliphatic hydroxyl groups is 1. The van der Waals surface area contributed by atoms with Crippen LogP contribution in [0.5, 0.6) is 0 Å². The molecule has 1 aliphatic carbocycles. The fraction of sp³-hybridized carbons (Fsp3) is 0.500. The summed E-state index contributed by atoms with van der Waals surface area (Å²) in [6.07, 6.45) is 3.20. The van der Waals surface area contributed by atoms with Crippen LogP contribution in [-0.2, 0) is 4.79 Å². The minimum Gasteiger partial charge on any atom is -0.479 e. The lowest BCUT2D eigenvalue weighted by molar-refractivity contribution is -0.147. The SMILES string of the molecule is Cc1cccc(C(O)C(=O)O)c1C1CCCC1. The summed E-state index contributed by atoms with van der Waals surface area (Å²) < 4.78 is 0. The van der Waals surface area contributed by atoms with Crippen LogP contribution in [0.25, 0.3) is 0 Å². The van der Waals surface area contributed by atoms with Crippen molar-refractivity contribution in [2.45, 2.75) is 44.6 Å². The third kappa shape index (κ3) is 2.34. The first-order valence-electron chi connectivity index (χ1n) is 6.11. The summed E-state index contributed by atoms with van der Waals surface area (Å²) in [5.41, 5.74) is 2.72. The Morgan fingerprint density at radius 3 is 2.59 bits per heavy atom. The lowest BCUT2D eigenvalue weighted by Gasteiger charge is -2.19. The van der Waals surface area contributed by atoms with Crippen LogP contribution < -0.4 is 0 Å². The molecule has 2 N–H and O–H groups in total. The van der Waals surface area contributed by atoms with Gasteiger partial charge in [-0.1, -0.05) is 31.0 Å². The Balaban J connectivity index is 2.43. The molecule has 0 bridgehead atoms. The first kappa shape index (κ1) is 12.1. The number of carbonyl (C=O) groups is 1. The van der Waals surface area contributed by atoms with Crippen molar-refractivity contribution in [2.24, 2.45) is 0 Å². The molecule has 0 amide bonds. The highest BCUT2D eigenvalue weighted by atomic mass is 16.4. The minimum absolute atomic E-state index is 0.417. The predicted octanol–water partition coefficient (Wildman–Crippen LogP) is 2.77. The van der Waals surface area contributed by atoms with Crippen LogP contribution in [0.15, 0.2) is 18.2 Å². The summed E-state index contributed by atoms with van der Waals surface area (Å²) in [6.45, 7) is 1.99. The van der Waals surface area contributed by atoms with Gasteiger partial charge < -0.3 is 10.2 Å². The van der Waals surface area contributed by atoms with Crippen molar-refractivity contribution in [1.29, 1.82) is 0 Å². The summed E-state index contributed by atoms with van der Waals surface area (Å²) in [7, 11) is 0. The highest BCUT2D eigenvalue weighted by molar-refractivity contribution is 5.75. The quantitative estimate of drug-likeness (QED) is 0.845. The van der Waals surface area contributed by atoms with Crippen molar-refractivity contribution in [3.8, 4) is 0 Å². The molecule has 0 aliphatic heterocycles. The van der Waals surface area contributed by atoms with Gasteiger partial charge in [-0.15, -0.1) is 0 Å². The van der Waals surface area contributed by atoms with Gasteiger partial charge >= 0.3 is 5.97 Å². The van der Waals surface area contributed by atoms with E-state index in [0.717, 1.165) is 24.0 Å². The first-order valence-corrected chi connectivity index (χ1v) is 6.11. The van der Waals surface area contributed by atoms with E-state index in [2.05, 4.69) is 0 Å². The number of rotatable bonds is 3. The zero-order valence-corrected chi connectivity index (χ0v) is 10.0. The molecule has 17 heavy (non-hydrogen) atoms. The topological polar surface area (TPSA) is 57.5 Å². The maximum Gasteiger partial charge on any atom is 0.337 e. The van der Waals surface area contributed by atoms with Gasteiger partial charge in [-0.2, -0.15) is 0 Å². The summed E-state index contributed by atoms with van der Waals surface area (Å²) in [5, 5.41) is 18.7. The lowest BCUT2D eigenvalue weighted by atomic mass is 9.87. The average molecular weight is 234 g/mol. The van der Waals surface area contributed by atoms with Crippen LogP contribution in [0.4, 0.5) is 0 Å². The Kier molecular flexibility index (Phi) is 3.48. The third-order valence-electron chi connectivity index (χ3n) is 3.65. The highest BCUT2D eigenvalue weighted by Crippen LogP contribution is 2.39. The van der Waals surface area contributed by atoms with Gasteiger partial charge in [-0.05, 0) is 42.4 Å². The first-order chi connectivity index (χ1) is 8.11. The van der Waals surface area contributed by atoms with Crippen LogP contribution in [0.1, 0.15) is 54.4 Å². The molecule has 1 aliphatic rings. The summed E-state index contributed by atoms with van der Waals surface area (Å²) in [6, 6.07) is 5.54. The largest absolute Gasteiger partial charge is 0.479 e. The van der Waals surface area contributed by atoms with E-state index >= 15 is 0 Å². The van der Waals surface area contributed by atoms with E-state index in [1.807, 2.05) is 19.1 Å². The van der Waals surface area contributed by atoms with E-state index in [-0.39, 0.29) is 0 Å². The maximum absolute atomic E-state index is 10.9. The van der Waals surface area contributed by atoms with Crippen LogP contribution >= 0.6 is 0 Å². The maximum atomic E-state index is 10.9. The van der Waals surface area contributed by atoms with Crippen LogP contribution in [0, 0.1) is 6.92 Å². The van der Waals surface area contributed by atoms with E-state index < -0.39 is 12.1 Å². The Morgan fingerprint density at radius 1 is 1.35 bits per heavy atom. The normalized spacial score (nSPS) is 18.2. The number of aliphatic hydroxyl groups excluding tert-OH is 1. The minimum atomic E-state index is -1.40. The Bertz CT molecular complexity index is 419. The Morgan fingerprint density at radius 2 is 2.00 bits per heavy atom. The van der Waals surface area contributed by atoms with Crippen molar-refractivity contribution in [2.75, 3.05) is 0 Å². The van der Waals surface area contributed by atoms with E-state index in [9.17, 15) is 9.90 Å². The second kappa shape index (κ2) is 4.88. The second-order valence-corrected chi connectivity index (χ2v) is 4.80.